The second-order valence-corrected chi connectivity index (χ2v) is 3.97. The van der Waals surface area contributed by atoms with Crippen LogP contribution in [0.25, 0.3) is 0 Å². The van der Waals surface area contributed by atoms with Crippen LogP contribution in [0.2, 0.25) is 0 Å². The number of carbonyl (C=O) groups is 1. The molecule has 2 nitrogen and oxygen atoms in total. The van der Waals surface area contributed by atoms with Gasteiger partial charge in [0.2, 0.25) is 0 Å². The smallest absolute Gasteiger partial charge is 0.334 e. The largest absolute Gasteiger partial charge is 0.463 e. The molecule has 1 aromatic rings. The molecule has 0 spiro atoms. The monoisotopic (exact) mass is 222 g/mol. The predicted octanol–water partition coefficient (Wildman–Crippen LogP) is 2.90. The van der Waals surface area contributed by atoms with Gasteiger partial charge in [-0.1, -0.05) is 24.8 Å². The number of benzene rings is 1. The highest BCUT2D eigenvalue weighted by Gasteiger charge is 2.07. The number of thioether (sulfide) groups is 1. The van der Waals surface area contributed by atoms with E-state index in [1.54, 1.807) is 18.7 Å². The summed E-state index contributed by atoms with van der Waals surface area (Å²) in [6, 6.07) is 9.90. The number of rotatable bonds is 5. The summed E-state index contributed by atoms with van der Waals surface area (Å²) in [5, 5.41) is 0. The van der Waals surface area contributed by atoms with E-state index in [0.29, 0.717) is 17.9 Å². The third-order valence-electron chi connectivity index (χ3n) is 1.72. The summed E-state index contributed by atoms with van der Waals surface area (Å²) in [5.41, 5.74) is 0.505. The number of esters is 1. The van der Waals surface area contributed by atoms with E-state index in [1.807, 2.05) is 30.3 Å². The van der Waals surface area contributed by atoms with E-state index in [1.165, 1.54) is 0 Å². The number of carbonyl (C=O) groups excluding carboxylic acids is 1. The molecule has 3 heteroatoms. The molecule has 0 aliphatic rings. The van der Waals surface area contributed by atoms with Gasteiger partial charge in [0.15, 0.2) is 0 Å². The highest BCUT2D eigenvalue weighted by Crippen LogP contribution is 2.19. The molecule has 80 valence electrons. The lowest BCUT2D eigenvalue weighted by molar-refractivity contribution is -0.138. The van der Waals surface area contributed by atoms with Crippen molar-refractivity contribution in [2.24, 2.45) is 0 Å². The molecule has 15 heavy (non-hydrogen) atoms. The van der Waals surface area contributed by atoms with Crippen molar-refractivity contribution >= 4 is 17.7 Å². The van der Waals surface area contributed by atoms with Crippen molar-refractivity contribution in [3.05, 3.63) is 42.5 Å². The maximum absolute atomic E-state index is 11.2. The molecule has 1 rings (SSSR count). The summed E-state index contributed by atoms with van der Waals surface area (Å²) in [5.74, 6) is 0.268. The van der Waals surface area contributed by atoms with Crippen LogP contribution in [0.1, 0.15) is 6.92 Å². The maximum atomic E-state index is 11.2. The Hall–Kier alpha value is -1.22. The van der Waals surface area contributed by atoms with Gasteiger partial charge in [-0.25, -0.2) is 4.79 Å². The van der Waals surface area contributed by atoms with Crippen LogP contribution >= 0.6 is 11.8 Å². The van der Waals surface area contributed by atoms with Gasteiger partial charge in [-0.3, -0.25) is 0 Å². The van der Waals surface area contributed by atoms with Gasteiger partial charge >= 0.3 is 5.97 Å². The second-order valence-electron chi connectivity index (χ2n) is 2.93. The Bertz CT molecular complexity index is 333. The molecule has 1 aromatic carbocycles. The molecule has 0 radical (unpaired) electrons. The molecule has 0 heterocycles. The van der Waals surface area contributed by atoms with Crippen LogP contribution in [-0.2, 0) is 9.53 Å². The fraction of sp³-hybridized carbons (Fsp3) is 0.250. The zero-order chi connectivity index (χ0) is 11.1. The van der Waals surface area contributed by atoms with Crippen molar-refractivity contribution in [2.75, 3.05) is 12.4 Å². The van der Waals surface area contributed by atoms with Gasteiger partial charge in [-0.2, -0.15) is 0 Å². The number of ether oxygens (including phenoxy) is 1. The van der Waals surface area contributed by atoms with Gasteiger partial charge in [-0.15, -0.1) is 11.8 Å². The van der Waals surface area contributed by atoms with E-state index >= 15 is 0 Å². The van der Waals surface area contributed by atoms with Gasteiger partial charge < -0.3 is 4.74 Å². The summed E-state index contributed by atoms with van der Waals surface area (Å²) < 4.78 is 4.84. The molecule has 0 aliphatic heterocycles. The van der Waals surface area contributed by atoms with E-state index in [4.69, 9.17) is 4.74 Å². The van der Waals surface area contributed by atoms with Gasteiger partial charge in [-0.05, 0) is 19.1 Å². The Morgan fingerprint density at radius 3 is 2.67 bits per heavy atom. The molecule has 0 unspecified atom stereocenters. The van der Waals surface area contributed by atoms with Crippen LogP contribution in [-0.4, -0.2) is 18.3 Å². The Morgan fingerprint density at radius 2 is 2.07 bits per heavy atom. The standard InChI is InChI=1S/C12H14O2S/c1-3-14-12(13)10(2)9-15-11-7-5-4-6-8-11/h4-8H,2-3,9H2,1H3. The minimum Gasteiger partial charge on any atom is -0.463 e. The van der Waals surface area contributed by atoms with E-state index < -0.39 is 0 Å². The second kappa shape index (κ2) is 6.30. The van der Waals surface area contributed by atoms with Crippen LogP contribution in [0.15, 0.2) is 47.4 Å². The zero-order valence-electron chi connectivity index (χ0n) is 8.73. The topological polar surface area (TPSA) is 26.3 Å². The highest BCUT2D eigenvalue weighted by molar-refractivity contribution is 7.99. The van der Waals surface area contributed by atoms with Gasteiger partial charge in [0.05, 0.1) is 6.61 Å². The molecule has 0 fully saturated rings. The predicted molar refractivity (Wildman–Crippen MR) is 62.9 cm³/mol. The minimum absolute atomic E-state index is 0.305. The van der Waals surface area contributed by atoms with Crippen molar-refractivity contribution in [3.63, 3.8) is 0 Å². The molecule has 0 atom stereocenters. The molecule has 0 aliphatic carbocycles. The lowest BCUT2D eigenvalue weighted by Gasteiger charge is -2.04. The summed E-state index contributed by atoms with van der Waals surface area (Å²) >= 11 is 1.58. The Balaban J connectivity index is 2.38. The van der Waals surface area contributed by atoms with Gasteiger partial charge in [0.1, 0.15) is 0 Å². The van der Waals surface area contributed by atoms with Gasteiger partial charge in [0, 0.05) is 16.2 Å². The van der Waals surface area contributed by atoms with Crippen LogP contribution < -0.4 is 0 Å². The summed E-state index contributed by atoms with van der Waals surface area (Å²) in [4.78, 5) is 12.4. The summed E-state index contributed by atoms with van der Waals surface area (Å²) in [6.07, 6.45) is 0. The normalized spacial score (nSPS) is 9.67. The average molecular weight is 222 g/mol. The molecule has 0 saturated heterocycles. The molecule has 0 aromatic heterocycles. The first-order valence-electron chi connectivity index (χ1n) is 4.76. The molecular weight excluding hydrogens is 208 g/mol. The lowest BCUT2D eigenvalue weighted by atomic mass is 10.4. The summed E-state index contributed by atoms with van der Waals surface area (Å²) in [6.45, 7) is 5.88. The molecule has 0 saturated carbocycles. The quantitative estimate of drug-likeness (QED) is 0.435. The molecule has 0 amide bonds. The minimum atomic E-state index is -0.305. The van der Waals surface area contributed by atoms with Crippen molar-refractivity contribution in [2.45, 2.75) is 11.8 Å². The number of hydrogen-bond donors (Lipinski definition) is 0. The Labute approximate surface area is 94.3 Å². The summed E-state index contributed by atoms with van der Waals surface area (Å²) in [7, 11) is 0. The fourth-order valence-corrected chi connectivity index (χ4v) is 1.79. The highest BCUT2D eigenvalue weighted by atomic mass is 32.2. The first-order valence-corrected chi connectivity index (χ1v) is 5.75. The third-order valence-corrected chi connectivity index (χ3v) is 2.82. The Kier molecular flexibility index (Phi) is 4.98. The van der Waals surface area contributed by atoms with Gasteiger partial charge in [0.25, 0.3) is 0 Å². The van der Waals surface area contributed by atoms with Crippen molar-refractivity contribution in [1.29, 1.82) is 0 Å². The van der Waals surface area contributed by atoms with Crippen LogP contribution in [0, 0.1) is 0 Å². The first-order chi connectivity index (χ1) is 7.24. The van der Waals surface area contributed by atoms with Crippen molar-refractivity contribution < 1.29 is 9.53 Å². The van der Waals surface area contributed by atoms with Crippen LogP contribution in [0.5, 0.6) is 0 Å². The van der Waals surface area contributed by atoms with E-state index in [2.05, 4.69) is 6.58 Å². The molecular formula is C12H14O2S. The fourth-order valence-electron chi connectivity index (χ4n) is 0.979. The van der Waals surface area contributed by atoms with E-state index in [-0.39, 0.29) is 5.97 Å². The number of hydrogen-bond acceptors (Lipinski definition) is 3. The van der Waals surface area contributed by atoms with Crippen LogP contribution in [0.4, 0.5) is 0 Å². The lowest BCUT2D eigenvalue weighted by Crippen LogP contribution is -2.08. The van der Waals surface area contributed by atoms with Crippen molar-refractivity contribution in [3.8, 4) is 0 Å². The molecule has 0 N–H and O–H groups in total. The van der Waals surface area contributed by atoms with E-state index in [0.717, 1.165) is 4.90 Å². The van der Waals surface area contributed by atoms with Crippen LogP contribution in [0.3, 0.4) is 0 Å². The SMILES string of the molecule is C=C(CSc1ccccc1)C(=O)OCC. The van der Waals surface area contributed by atoms with Crippen molar-refractivity contribution in [1.82, 2.24) is 0 Å². The Morgan fingerprint density at radius 1 is 1.40 bits per heavy atom. The van der Waals surface area contributed by atoms with E-state index in [9.17, 15) is 4.79 Å². The molecule has 0 bridgehead atoms. The third kappa shape index (κ3) is 4.21. The first kappa shape index (κ1) is 11.9. The maximum Gasteiger partial charge on any atom is 0.334 e. The average Bonchev–Trinajstić information content (AvgIpc) is 2.27. The zero-order valence-corrected chi connectivity index (χ0v) is 9.55.